The van der Waals surface area contributed by atoms with Gasteiger partial charge in [-0.1, -0.05) is 60.7 Å². The third-order valence-corrected chi connectivity index (χ3v) is 5.92. The van der Waals surface area contributed by atoms with Crippen molar-refractivity contribution in [1.82, 2.24) is 0 Å². The van der Waals surface area contributed by atoms with E-state index in [9.17, 15) is 0 Å². The number of benzene rings is 3. The molecule has 0 aromatic heterocycles. The molecule has 0 bridgehead atoms. The molecule has 3 aromatic rings. The molecular weight excluding hydrogens is 330 g/mol. The maximum atomic E-state index is 5.45. The van der Waals surface area contributed by atoms with Gasteiger partial charge in [0.15, 0.2) is 0 Å². The maximum absolute atomic E-state index is 5.45. The van der Waals surface area contributed by atoms with Crippen LogP contribution in [-0.2, 0) is 0 Å². The van der Waals surface area contributed by atoms with E-state index in [1.54, 1.807) is 7.11 Å². The van der Waals surface area contributed by atoms with Gasteiger partial charge in [-0.2, -0.15) is 0 Å². The van der Waals surface area contributed by atoms with E-state index >= 15 is 0 Å². The fourth-order valence-electron chi connectivity index (χ4n) is 4.57. The van der Waals surface area contributed by atoms with E-state index in [0.717, 1.165) is 12.2 Å². The first kappa shape index (κ1) is 16.2. The van der Waals surface area contributed by atoms with Crippen molar-refractivity contribution in [2.24, 2.45) is 5.92 Å². The number of rotatable bonds is 3. The molecule has 2 nitrogen and oxygen atoms in total. The molecular formula is C25H23NO. The van der Waals surface area contributed by atoms with Gasteiger partial charge in [-0.05, 0) is 58.9 Å². The second-order valence-corrected chi connectivity index (χ2v) is 7.42. The van der Waals surface area contributed by atoms with Crippen LogP contribution in [0.1, 0.15) is 29.5 Å². The quantitative estimate of drug-likeness (QED) is 0.567. The zero-order valence-electron chi connectivity index (χ0n) is 15.4. The van der Waals surface area contributed by atoms with Crippen LogP contribution in [0.15, 0.2) is 84.9 Å². The van der Waals surface area contributed by atoms with Gasteiger partial charge in [0.1, 0.15) is 5.75 Å². The molecule has 0 spiro atoms. The van der Waals surface area contributed by atoms with E-state index < -0.39 is 0 Å². The average molecular weight is 353 g/mol. The summed E-state index contributed by atoms with van der Waals surface area (Å²) in [4.78, 5) is 0. The fraction of sp³-hybridized carbons (Fsp3) is 0.200. The number of ether oxygens (including phenoxy) is 1. The summed E-state index contributed by atoms with van der Waals surface area (Å²) in [6.45, 7) is 0. The van der Waals surface area contributed by atoms with Gasteiger partial charge in [0.25, 0.3) is 0 Å². The number of nitrogens with one attached hydrogen (secondary N) is 1. The van der Waals surface area contributed by atoms with Crippen LogP contribution in [0, 0.1) is 5.92 Å². The van der Waals surface area contributed by atoms with Crippen molar-refractivity contribution in [3.05, 3.63) is 96.1 Å². The number of methoxy groups -OCH3 is 1. The van der Waals surface area contributed by atoms with Crippen LogP contribution < -0.4 is 10.1 Å². The molecule has 134 valence electrons. The summed E-state index contributed by atoms with van der Waals surface area (Å²) in [5, 5.41) is 3.82. The summed E-state index contributed by atoms with van der Waals surface area (Å²) >= 11 is 0. The Labute approximate surface area is 160 Å². The molecule has 27 heavy (non-hydrogen) atoms. The zero-order chi connectivity index (χ0) is 18.2. The molecule has 1 N–H and O–H groups in total. The lowest BCUT2D eigenvalue weighted by Crippen LogP contribution is -2.29. The predicted octanol–water partition coefficient (Wildman–Crippen LogP) is 6.19. The van der Waals surface area contributed by atoms with Crippen LogP contribution in [-0.4, -0.2) is 7.11 Å². The molecule has 0 fully saturated rings. The Morgan fingerprint density at radius 2 is 1.78 bits per heavy atom. The Morgan fingerprint density at radius 1 is 0.889 bits per heavy atom. The molecule has 1 heterocycles. The first-order valence-electron chi connectivity index (χ1n) is 9.60. The van der Waals surface area contributed by atoms with Crippen LogP contribution in [0.4, 0.5) is 5.69 Å². The third-order valence-electron chi connectivity index (χ3n) is 5.92. The molecule has 2 heteroatoms. The Morgan fingerprint density at radius 3 is 2.63 bits per heavy atom. The summed E-state index contributed by atoms with van der Waals surface area (Å²) in [6, 6.07) is 26.2. The number of fused-ring (bicyclic) bond motifs is 3. The van der Waals surface area contributed by atoms with Gasteiger partial charge >= 0.3 is 0 Å². The van der Waals surface area contributed by atoms with Crippen LogP contribution in [0.5, 0.6) is 5.75 Å². The molecule has 1 aliphatic carbocycles. The maximum Gasteiger partial charge on any atom is 0.119 e. The summed E-state index contributed by atoms with van der Waals surface area (Å²) in [7, 11) is 1.73. The van der Waals surface area contributed by atoms with E-state index in [0.29, 0.717) is 17.9 Å². The largest absolute Gasteiger partial charge is 0.497 e. The van der Waals surface area contributed by atoms with E-state index in [-0.39, 0.29) is 0 Å². The second kappa shape index (κ2) is 6.62. The van der Waals surface area contributed by atoms with Crippen molar-refractivity contribution < 1.29 is 4.74 Å². The first-order valence-corrected chi connectivity index (χ1v) is 9.60. The van der Waals surface area contributed by atoms with Crippen molar-refractivity contribution in [3.8, 4) is 16.9 Å². The van der Waals surface area contributed by atoms with Gasteiger partial charge in [-0.3, -0.25) is 0 Å². The highest BCUT2D eigenvalue weighted by Gasteiger charge is 2.38. The van der Waals surface area contributed by atoms with Gasteiger partial charge in [0, 0.05) is 11.6 Å². The molecule has 2 aliphatic rings. The SMILES string of the molecule is COc1cccc([C@@H]2Nc3ccc(-c4ccccc4)cc3[C@@H]3C=CC[C@H]32)c1. The highest BCUT2D eigenvalue weighted by Crippen LogP contribution is 2.50. The van der Waals surface area contributed by atoms with Crippen molar-refractivity contribution in [1.29, 1.82) is 0 Å². The van der Waals surface area contributed by atoms with Crippen LogP contribution in [0.25, 0.3) is 11.1 Å². The average Bonchev–Trinajstić information content (AvgIpc) is 3.24. The number of hydrogen-bond donors (Lipinski definition) is 1. The molecule has 5 rings (SSSR count). The molecule has 1 aliphatic heterocycles. The predicted molar refractivity (Wildman–Crippen MR) is 111 cm³/mol. The Kier molecular flexibility index (Phi) is 3.97. The minimum absolute atomic E-state index is 0.301. The Hall–Kier alpha value is -3.00. The Bertz CT molecular complexity index is 992. The van der Waals surface area contributed by atoms with E-state index in [4.69, 9.17) is 4.74 Å². The van der Waals surface area contributed by atoms with Crippen molar-refractivity contribution in [3.63, 3.8) is 0 Å². The van der Waals surface area contributed by atoms with Crippen molar-refractivity contribution in [2.45, 2.75) is 18.4 Å². The lowest BCUT2D eigenvalue weighted by Gasteiger charge is -2.38. The number of allylic oxidation sites excluding steroid dienone is 2. The third kappa shape index (κ3) is 2.82. The minimum Gasteiger partial charge on any atom is -0.497 e. The molecule has 3 atom stereocenters. The van der Waals surface area contributed by atoms with Gasteiger partial charge in [-0.15, -0.1) is 0 Å². The van der Waals surface area contributed by atoms with Gasteiger partial charge in [0.2, 0.25) is 0 Å². The molecule has 0 saturated carbocycles. The second-order valence-electron chi connectivity index (χ2n) is 7.42. The zero-order valence-corrected chi connectivity index (χ0v) is 15.4. The van der Waals surface area contributed by atoms with Crippen LogP contribution in [0.3, 0.4) is 0 Å². The summed E-state index contributed by atoms with van der Waals surface area (Å²) in [6.07, 6.45) is 5.84. The van der Waals surface area contributed by atoms with Crippen molar-refractivity contribution in [2.75, 3.05) is 12.4 Å². The molecule has 0 radical (unpaired) electrons. The van der Waals surface area contributed by atoms with Crippen molar-refractivity contribution >= 4 is 5.69 Å². The standard InChI is InChI=1S/C25H23NO/c1-27-20-10-5-9-19(15-20)25-22-12-6-11-21(22)23-16-18(13-14-24(23)26-25)17-7-3-2-4-8-17/h2-11,13-16,21-22,25-26H,12H2,1H3/t21-,22-,25+/m1/s1. The molecule has 0 amide bonds. The number of hydrogen-bond acceptors (Lipinski definition) is 2. The van der Waals surface area contributed by atoms with Gasteiger partial charge in [-0.25, -0.2) is 0 Å². The molecule has 0 saturated heterocycles. The molecule has 3 aromatic carbocycles. The summed E-state index contributed by atoms with van der Waals surface area (Å²) in [5.41, 5.74) is 6.51. The normalized spacial score (nSPS) is 22.6. The summed E-state index contributed by atoms with van der Waals surface area (Å²) < 4.78 is 5.45. The first-order chi connectivity index (χ1) is 13.3. The van der Waals surface area contributed by atoms with Gasteiger partial charge in [0.05, 0.1) is 13.2 Å². The van der Waals surface area contributed by atoms with E-state index in [2.05, 4.69) is 84.2 Å². The lowest BCUT2D eigenvalue weighted by atomic mass is 9.76. The van der Waals surface area contributed by atoms with E-state index in [1.165, 1.54) is 27.9 Å². The monoisotopic (exact) mass is 353 g/mol. The van der Waals surface area contributed by atoms with Crippen LogP contribution >= 0.6 is 0 Å². The summed E-state index contributed by atoms with van der Waals surface area (Å²) in [5.74, 6) is 1.92. The van der Waals surface area contributed by atoms with Gasteiger partial charge < -0.3 is 10.1 Å². The minimum atomic E-state index is 0.301. The highest BCUT2D eigenvalue weighted by molar-refractivity contribution is 5.71. The Balaban J connectivity index is 1.55. The van der Waals surface area contributed by atoms with Crippen LogP contribution in [0.2, 0.25) is 0 Å². The number of anilines is 1. The fourth-order valence-corrected chi connectivity index (χ4v) is 4.57. The topological polar surface area (TPSA) is 21.3 Å². The highest BCUT2D eigenvalue weighted by atomic mass is 16.5. The smallest absolute Gasteiger partial charge is 0.119 e. The van der Waals surface area contributed by atoms with E-state index in [1.807, 2.05) is 6.07 Å². The lowest BCUT2D eigenvalue weighted by molar-refractivity contribution is 0.406. The molecule has 0 unspecified atom stereocenters.